The maximum Gasteiger partial charge on any atom is 0.407 e. The molecule has 1 N–H and O–H groups in total. The van der Waals surface area contributed by atoms with Crippen LogP contribution < -0.4 is 0 Å². The number of amides is 1. The molecule has 1 amide bonds. The molecule has 0 aliphatic carbocycles. The fourth-order valence-electron chi connectivity index (χ4n) is 3.55. The third kappa shape index (κ3) is 3.00. The van der Waals surface area contributed by atoms with Gasteiger partial charge in [0.1, 0.15) is 5.82 Å². The highest BCUT2D eigenvalue weighted by Crippen LogP contribution is 2.31. The van der Waals surface area contributed by atoms with Crippen LogP contribution in [-0.2, 0) is 4.74 Å². The monoisotopic (exact) mass is 345 g/mol. The number of carbonyl (C=O) groups is 1. The van der Waals surface area contributed by atoms with Crippen LogP contribution >= 0.6 is 0 Å². The first kappa shape index (κ1) is 16.1. The van der Waals surface area contributed by atoms with Crippen LogP contribution in [0.15, 0.2) is 24.4 Å². The molecule has 2 aliphatic rings. The lowest BCUT2D eigenvalue weighted by molar-refractivity contribution is -0.0366. The average Bonchev–Trinajstić information content (AvgIpc) is 3.04. The molecule has 3 heterocycles. The Bertz CT molecular complexity index is 839. The normalized spacial score (nSPS) is 21.4. The summed E-state index contributed by atoms with van der Waals surface area (Å²) in [7, 11) is 0. The number of hydrogen-bond acceptors (Lipinski definition) is 3. The van der Waals surface area contributed by atoms with Crippen molar-refractivity contribution in [3.8, 4) is 0 Å². The summed E-state index contributed by atoms with van der Waals surface area (Å²) in [6.07, 6.45) is 5.97. The SMILES string of the molecule is O=C(O)N1CC=C(c2cc3c(cnn3C3CCCCO3)cc2F)CC1. The van der Waals surface area contributed by atoms with Crippen LogP contribution in [0.2, 0.25) is 0 Å². The first-order valence-corrected chi connectivity index (χ1v) is 8.59. The largest absolute Gasteiger partial charge is 0.465 e. The zero-order valence-electron chi connectivity index (χ0n) is 13.8. The predicted octanol–water partition coefficient (Wildman–Crippen LogP) is 3.64. The number of carboxylic acid groups (broad SMARTS) is 1. The van der Waals surface area contributed by atoms with E-state index in [4.69, 9.17) is 9.84 Å². The van der Waals surface area contributed by atoms with Crippen molar-refractivity contribution in [2.24, 2.45) is 0 Å². The molecule has 7 heteroatoms. The molecule has 1 fully saturated rings. The fraction of sp³-hybridized carbons (Fsp3) is 0.444. The van der Waals surface area contributed by atoms with Crippen LogP contribution in [0.3, 0.4) is 0 Å². The lowest BCUT2D eigenvalue weighted by Gasteiger charge is -2.25. The second-order valence-electron chi connectivity index (χ2n) is 6.51. The number of hydrogen-bond donors (Lipinski definition) is 1. The topological polar surface area (TPSA) is 67.6 Å². The fourth-order valence-corrected chi connectivity index (χ4v) is 3.55. The number of aromatic nitrogens is 2. The van der Waals surface area contributed by atoms with Crippen LogP contribution in [0.4, 0.5) is 9.18 Å². The van der Waals surface area contributed by atoms with Gasteiger partial charge in [-0.25, -0.2) is 13.9 Å². The molecule has 1 atom stereocenters. The van der Waals surface area contributed by atoms with Crippen LogP contribution in [-0.4, -0.2) is 45.6 Å². The Morgan fingerprint density at radius 2 is 2.24 bits per heavy atom. The highest BCUT2D eigenvalue weighted by atomic mass is 19.1. The lowest BCUT2D eigenvalue weighted by atomic mass is 9.98. The van der Waals surface area contributed by atoms with Gasteiger partial charge in [0.05, 0.1) is 11.7 Å². The number of benzene rings is 1. The minimum absolute atomic E-state index is 0.104. The summed E-state index contributed by atoms with van der Waals surface area (Å²) in [6, 6.07) is 3.32. The van der Waals surface area contributed by atoms with Gasteiger partial charge >= 0.3 is 6.09 Å². The first-order chi connectivity index (χ1) is 12.1. The zero-order valence-corrected chi connectivity index (χ0v) is 13.8. The van der Waals surface area contributed by atoms with Gasteiger partial charge in [-0.05, 0) is 43.4 Å². The summed E-state index contributed by atoms with van der Waals surface area (Å²) < 4.78 is 22.2. The molecular weight excluding hydrogens is 325 g/mol. The van der Waals surface area contributed by atoms with E-state index in [2.05, 4.69) is 5.10 Å². The number of nitrogens with zero attached hydrogens (tertiary/aromatic N) is 3. The van der Waals surface area contributed by atoms with Crippen molar-refractivity contribution in [1.29, 1.82) is 0 Å². The van der Waals surface area contributed by atoms with E-state index in [1.54, 1.807) is 12.3 Å². The molecule has 132 valence electrons. The van der Waals surface area contributed by atoms with Gasteiger partial charge in [-0.3, -0.25) is 0 Å². The van der Waals surface area contributed by atoms with E-state index in [0.717, 1.165) is 42.3 Å². The minimum atomic E-state index is -0.946. The number of rotatable bonds is 2. The third-order valence-electron chi connectivity index (χ3n) is 4.94. The Morgan fingerprint density at radius 1 is 1.36 bits per heavy atom. The molecule has 6 nitrogen and oxygen atoms in total. The van der Waals surface area contributed by atoms with Crippen molar-refractivity contribution in [3.63, 3.8) is 0 Å². The molecule has 25 heavy (non-hydrogen) atoms. The Labute approximate surface area is 144 Å². The molecular formula is C18H20FN3O3. The lowest BCUT2D eigenvalue weighted by Crippen LogP contribution is -2.33. The maximum atomic E-state index is 14.6. The predicted molar refractivity (Wildman–Crippen MR) is 90.7 cm³/mol. The van der Waals surface area contributed by atoms with Crippen molar-refractivity contribution < 1.29 is 19.0 Å². The molecule has 0 bridgehead atoms. The second kappa shape index (κ2) is 6.48. The van der Waals surface area contributed by atoms with E-state index in [-0.39, 0.29) is 18.6 Å². The molecule has 0 saturated carbocycles. The first-order valence-electron chi connectivity index (χ1n) is 8.59. The highest BCUT2D eigenvalue weighted by molar-refractivity contribution is 5.84. The molecule has 1 unspecified atom stereocenters. The molecule has 1 aromatic carbocycles. The molecule has 0 radical (unpaired) electrons. The Morgan fingerprint density at radius 3 is 2.92 bits per heavy atom. The molecule has 1 aromatic heterocycles. The maximum absolute atomic E-state index is 14.6. The highest BCUT2D eigenvalue weighted by Gasteiger charge is 2.22. The van der Waals surface area contributed by atoms with E-state index in [1.807, 2.05) is 10.7 Å². The van der Waals surface area contributed by atoms with Gasteiger partial charge in [-0.2, -0.15) is 5.10 Å². The van der Waals surface area contributed by atoms with Crippen LogP contribution in [0.25, 0.3) is 16.5 Å². The molecule has 1 saturated heterocycles. The molecule has 4 rings (SSSR count). The Kier molecular flexibility index (Phi) is 4.17. The van der Waals surface area contributed by atoms with E-state index >= 15 is 0 Å². The van der Waals surface area contributed by atoms with Crippen molar-refractivity contribution in [2.45, 2.75) is 31.9 Å². The quantitative estimate of drug-likeness (QED) is 0.902. The minimum Gasteiger partial charge on any atom is -0.465 e. The molecule has 2 aromatic rings. The van der Waals surface area contributed by atoms with Crippen LogP contribution in [0, 0.1) is 5.82 Å². The van der Waals surface area contributed by atoms with Gasteiger partial charge in [-0.1, -0.05) is 6.08 Å². The van der Waals surface area contributed by atoms with Gasteiger partial charge < -0.3 is 14.7 Å². The standard InChI is InChI=1S/C18H20FN3O3/c19-15-9-13-11-20-22(17-3-1-2-8-25-17)16(13)10-14(15)12-4-6-21(7-5-12)18(23)24/h4,9-11,17H,1-3,5-8H2,(H,23,24). The van der Waals surface area contributed by atoms with E-state index in [9.17, 15) is 9.18 Å². The second-order valence-corrected chi connectivity index (χ2v) is 6.51. The smallest absolute Gasteiger partial charge is 0.407 e. The summed E-state index contributed by atoms with van der Waals surface area (Å²) in [5, 5.41) is 14.2. The summed E-state index contributed by atoms with van der Waals surface area (Å²) in [5.41, 5.74) is 2.22. The summed E-state index contributed by atoms with van der Waals surface area (Å²) >= 11 is 0. The van der Waals surface area contributed by atoms with E-state index in [0.29, 0.717) is 18.5 Å². The summed E-state index contributed by atoms with van der Waals surface area (Å²) in [5.74, 6) is -0.299. The van der Waals surface area contributed by atoms with E-state index < -0.39 is 6.09 Å². The third-order valence-corrected chi connectivity index (χ3v) is 4.94. The molecule has 0 spiro atoms. The summed E-state index contributed by atoms with van der Waals surface area (Å²) in [6.45, 7) is 1.38. The number of halogens is 1. The van der Waals surface area contributed by atoms with Crippen molar-refractivity contribution >= 4 is 22.6 Å². The summed E-state index contributed by atoms with van der Waals surface area (Å²) in [4.78, 5) is 12.3. The van der Waals surface area contributed by atoms with Gasteiger partial charge in [0.15, 0.2) is 6.23 Å². The Balaban J connectivity index is 1.70. The zero-order chi connectivity index (χ0) is 17.4. The van der Waals surface area contributed by atoms with Gasteiger partial charge in [0.25, 0.3) is 0 Å². The number of ether oxygens (including phenoxy) is 1. The number of fused-ring (bicyclic) bond motifs is 1. The van der Waals surface area contributed by atoms with Crippen LogP contribution in [0.1, 0.15) is 37.5 Å². The van der Waals surface area contributed by atoms with Gasteiger partial charge in [0, 0.05) is 30.6 Å². The van der Waals surface area contributed by atoms with Gasteiger partial charge in [0.2, 0.25) is 0 Å². The van der Waals surface area contributed by atoms with Crippen molar-refractivity contribution in [1.82, 2.24) is 14.7 Å². The van der Waals surface area contributed by atoms with Crippen molar-refractivity contribution in [2.75, 3.05) is 19.7 Å². The Hall–Kier alpha value is -2.41. The average molecular weight is 345 g/mol. The molecule has 2 aliphatic heterocycles. The van der Waals surface area contributed by atoms with E-state index in [1.165, 1.54) is 11.0 Å². The van der Waals surface area contributed by atoms with Crippen LogP contribution in [0.5, 0.6) is 0 Å². The van der Waals surface area contributed by atoms with Gasteiger partial charge in [-0.15, -0.1) is 0 Å². The van der Waals surface area contributed by atoms with Crippen molar-refractivity contribution in [3.05, 3.63) is 35.8 Å².